The molecule has 0 saturated heterocycles. The number of hydrogen-bond acceptors (Lipinski definition) is 2. The van der Waals surface area contributed by atoms with Crippen LogP contribution in [-0.2, 0) is 13.0 Å². The molecule has 0 radical (unpaired) electrons. The van der Waals surface area contributed by atoms with E-state index in [1.807, 2.05) is 12.1 Å². The molecule has 1 rings (SSSR count). The molecule has 60 valence electrons. The summed E-state index contributed by atoms with van der Waals surface area (Å²) in [6.45, 7) is 0.629. The van der Waals surface area contributed by atoms with E-state index in [4.69, 9.17) is 5.73 Å². The second-order valence-electron chi connectivity index (χ2n) is 2.45. The highest BCUT2D eigenvalue weighted by Gasteiger charge is 1.96. The van der Waals surface area contributed by atoms with E-state index in [0.29, 0.717) is 6.54 Å². The number of aryl methyl sites for hydroxylation is 1. The lowest BCUT2D eigenvalue weighted by Gasteiger charge is -2.04. The van der Waals surface area contributed by atoms with E-state index in [9.17, 15) is 0 Å². The second kappa shape index (κ2) is 4.42. The first kappa shape index (κ1) is 8.62. The molecule has 0 amide bonds. The van der Waals surface area contributed by atoms with Crippen molar-refractivity contribution in [2.75, 3.05) is 5.75 Å². The summed E-state index contributed by atoms with van der Waals surface area (Å²) in [5, 5.41) is 0. The molecule has 0 aliphatic heterocycles. The zero-order chi connectivity index (χ0) is 8.10. The van der Waals surface area contributed by atoms with E-state index < -0.39 is 0 Å². The van der Waals surface area contributed by atoms with Crippen LogP contribution in [0.4, 0.5) is 0 Å². The van der Waals surface area contributed by atoms with Crippen molar-refractivity contribution in [3.05, 3.63) is 35.4 Å². The minimum atomic E-state index is 0.629. The van der Waals surface area contributed by atoms with Crippen molar-refractivity contribution in [2.45, 2.75) is 13.0 Å². The van der Waals surface area contributed by atoms with Crippen molar-refractivity contribution in [1.82, 2.24) is 0 Å². The van der Waals surface area contributed by atoms with Crippen molar-refractivity contribution in [1.29, 1.82) is 0 Å². The first-order valence-electron chi connectivity index (χ1n) is 3.76. The summed E-state index contributed by atoms with van der Waals surface area (Å²) >= 11 is 4.18. The molecule has 0 aromatic heterocycles. The van der Waals surface area contributed by atoms with E-state index >= 15 is 0 Å². The van der Waals surface area contributed by atoms with Gasteiger partial charge in [-0.25, -0.2) is 0 Å². The third kappa shape index (κ3) is 2.24. The minimum Gasteiger partial charge on any atom is -0.326 e. The first-order valence-corrected chi connectivity index (χ1v) is 4.39. The summed E-state index contributed by atoms with van der Waals surface area (Å²) < 4.78 is 0. The van der Waals surface area contributed by atoms with Gasteiger partial charge in [0.15, 0.2) is 0 Å². The third-order valence-corrected chi connectivity index (χ3v) is 1.94. The molecular formula is C9H13NS. The van der Waals surface area contributed by atoms with Gasteiger partial charge in [0, 0.05) is 6.54 Å². The van der Waals surface area contributed by atoms with Crippen LogP contribution in [0.2, 0.25) is 0 Å². The Hall–Kier alpha value is -0.470. The number of nitrogens with two attached hydrogens (primary N) is 1. The topological polar surface area (TPSA) is 26.0 Å². The molecule has 0 saturated carbocycles. The highest BCUT2D eigenvalue weighted by Crippen LogP contribution is 2.08. The summed E-state index contributed by atoms with van der Waals surface area (Å²) in [5.74, 6) is 0.886. The van der Waals surface area contributed by atoms with E-state index in [0.717, 1.165) is 12.2 Å². The maximum Gasteiger partial charge on any atom is 0.0180 e. The van der Waals surface area contributed by atoms with Crippen LogP contribution in [0.5, 0.6) is 0 Å². The molecule has 0 aliphatic rings. The Kier molecular flexibility index (Phi) is 3.46. The lowest BCUT2D eigenvalue weighted by Crippen LogP contribution is -2.01. The lowest BCUT2D eigenvalue weighted by molar-refractivity contribution is 1.01. The van der Waals surface area contributed by atoms with Crippen LogP contribution in [0.15, 0.2) is 24.3 Å². The maximum absolute atomic E-state index is 5.56. The Morgan fingerprint density at radius 1 is 1.18 bits per heavy atom. The summed E-state index contributed by atoms with van der Waals surface area (Å²) in [6.07, 6.45) is 1.01. The average molecular weight is 167 g/mol. The van der Waals surface area contributed by atoms with E-state index in [1.165, 1.54) is 11.1 Å². The van der Waals surface area contributed by atoms with E-state index in [-0.39, 0.29) is 0 Å². The van der Waals surface area contributed by atoms with Gasteiger partial charge < -0.3 is 5.73 Å². The zero-order valence-electron chi connectivity index (χ0n) is 6.46. The minimum absolute atomic E-state index is 0.629. The Bertz CT molecular complexity index is 223. The smallest absolute Gasteiger partial charge is 0.0180 e. The van der Waals surface area contributed by atoms with E-state index in [2.05, 4.69) is 24.8 Å². The number of rotatable bonds is 3. The van der Waals surface area contributed by atoms with Gasteiger partial charge in [0.05, 0.1) is 0 Å². The molecule has 0 aliphatic carbocycles. The lowest BCUT2D eigenvalue weighted by atomic mass is 10.1. The molecule has 11 heavy (non-hydrogen) atoms. The van der Waals surface area contributed by atoms with Gasteiger partial charge in [0.25, 0.3) is 0 Å². The predicted octanol–water partition coefficient (Wildman–Crippen LogP) is 1.62. The Morgan fingerprint density at radius 3 is 2.36 bits per heavy atom. The molecule has 0 bridgehead atoms. The van der Waals surface area contributed by atoms with Gasteiger partial charge in [-0.15, -0.1) is 0 Å². The van der Waals surface area contributed by atoms with Crippen LogP contribution < -0.4 is 5.73 Å². The van der Waals surface area contributed by atoms with Gasteiger partial charge in [0.2, 0.25) is 0 Å². The average Bonchev–Trinajstić information content (AvgIpc) is 2.06. The van der Waals surface area contributed by atoms with Crippen LogP contribution in [0.1, 0.15) is 11.1 Å². The number of hydrogen-bond donors (Lipinski definition) is 2. The van der Waals surface area contributed by atoms with Crippen LogP contribution >= 0.6 is 12.6 Å². The molecule has 0 spiro atoms. The Labute approximate surface area is 73.0 Å². The summed E-state index contributed by atoms with van der Waals surface area (Å²) in [7, 11) is 0. The summed E-state index contributed by atoms with van der Waals surface area (Å²) in [5.41, 5.74) is 8.12. The van der Waals surface area contributed by atoms with Gasteiger partial charge in [-0.05, 0) is 23.3 Å². The third-order valence-electron chi connectivity index (χ3n) is 1.72. The molecule has 1 nitrogen and oxygen atoms in total. The molecule has 1 aromatic rings. The van der Waals surface area contributed by atoms with Crippen molar-refractivity contribution >= 4 is 12.6 Å². The van der Waals surface area contributed by atoms with Gasteiger partial charge in [0.1, 0.15) is 0 Å². The van der Waals surface area contributed by atoms with Crippen molar-refractivity contribution in [2.24, 2.45) is 5.73 Å². The largest absolute Gasteiger partial charge is 0.326 e. The second-order valence-corrected chi connectivity index (χ2v) is 2.89. The SMILES string of the molecule is NCc1ccccc1CCS. The maximum atomic E-state index is 5.56. The normalized spacial score (nSPS) is 10.0. The van der Waals surface area contributed by atoms with E-state index in [1.54, 1.807) is 0 Å². The highest BCUT2D eigenvalue weighted by atomic mass is 32.1. The first-order chi connectivity index (χ1) is 5.38. The fourth-order valence-corrected chi connectivity index (χ4v) is 1.36. The van der Waals surface area contributed by atoms with Gasteiger partial charge in [-0.1, -0.05) is 24.3 Å². The Morgan fingerprint density at radius 2 is 1.82 bits per heavy atom. The fraction of sp³-hybridized carbons (Fsp3) is 0.333. The monoisotopic (exact) mass is 167 g/mol. The molecular weight excluding hydrogens is 154 g/mol. The van der Waals surface area contributed by atoms with Crippen LogP contribution in [-0.4, -0.2) is 5.75 Å². The van der Waals surface area contributed by atoms with Crippen LogP contribution in [0.25, 0.3) is 0 Å². The standard InChI is InChI=1S/C9H13NS/c10-7-9-4-2-1-3-8(9)5-6-11/h1-4,11H,5-7,10H2. The highest BCUT2D eigenvalue weighted by molar-refractivity contribution is 7.80. The zero-order valence-corrected chi connectivity index (χ0v) is 7.35. The molecule has 1 aromatic carbocycles. The summed E-state index contributed by atoms with van der Waals surface area (Å²) in [6, 6.07) is 8.24. The molecule has 0 heterocycles. The van der Waals surface area contributed by atoms with Gasteiger partial charge >= 0.3 is 0 Å². The van der Waals surface area contributed by atoms with Crippen LogP contribution in [0.3, 0.4) is 0 Å². The molecule has 0 unspecified atom stereocenters. The number of thiol groups is 1. The van der Waals surface area contributed by atoms with Crippen molar-refractivity contribution in [3.63, 3.8) is 0 Å². The van der Waals surface area contributed by atoms with Crippen LogP contribution in [0, 0.1) is 0 Å². The summed E-state index contributed by atoms with van der Waals surface area (Å²) in [4.78, 5) is 0. The van der Waals surface area contributed by atoms with Gasteiger partial charge in [-0.3, -0.25) is 0 Å². The Balaban J connectivity index is 2.83. The fourth-order valence-electron chi connectivity index (χ4n) is 1.12. The van der Waals surface area contributed by atoms with Crippen molar-refractivity contribution in [3.8, 4) is 0 Å². The molecule has 2 heteroatoms. The molecule has 2 N–H and O–H groups in total. The van der Waals surface area contributed by atoms with Crippen molar-refractivity contribution < 1.29 is 0 Å². The quantitative estimate of drug-likeness (QED) is 0.657. The predicted molar refractivity (Wildman–Crippen MR) is 51.9 cm³/mol. The van der Waals surface area contributed by atoms with Gasteiger partial charge in [-0.2, -0.15) is 12.6 Å². The molecule has 0 fully saturated rings. The number of benzene rings is 1. The molecule has 0 atom stereocenters.